The van der Waals surface area contributed by atoms with Crippen molar-refractivity contribution in [3.63, 3.8) is 0 Å². The Bertz CT molecular complexity index is 520. The van der Waals surface area contributed by atoms with Gasteiger partial charge in [0.1, 0.15) is 5.75 Å². The van der Waals surface area contributed by atoms with Crippen molar-refractivity contribution >= 4 is 5.91 Å². The van der Waals surface area contributed by atoms with Crippen molar-refractivity contribution in [2.75, 3.05) is 32.8 Å². The zero-order valence-corrected chi connectivity index (χ0v) is 13.1. The van der Waals surface area contributed by atoms with Crippen LogP contribution in [-0.4, -0.2) is 55.8 Å². The van der Waals surface area contributed by atoms with Crippen LogP contribution in [0.3, 0.4) is 0 Å². The highest BCUT2D eigenvalue weighted by Crippen LogP contribution is 2.22. The smallest absolute Gasteiger partial charge is 0.258 e. The second kappa shape index (κ2) is 7.11. The summed E-state index contributed by atoms with van der Waals surface area (Å²) in [6.07, 6.45) is 2.60. The van der Waals surface area contributed by atoms with Gasteiger partial charge in [-0.05, 0) is 44.0 Å². The first-order chi connectivity index (χ1) is 10.7. The van der Waals surface area contributed by atoms with Crippen LogP contribution < -0.4 is 10.1 Å². The number of amides is 1. The summed E-state index contributed by atoms with van der Waals surface area (Å²) in [6.45, 7) is 5.47. The molecule has 5 heteroatoms. The van der Waals surface area contributed by atoms with Gasteiger partial charge in [-0.15, -0.1) is 0 Å². The lowest BCUT2D eigenvalue weighted by molar-refractivity contribution is -0.124. The Morgan fingerprint density at radius 3 is 3.27 bits per heavy atom. The molecule has 22 heavy (non-hydrogen) atoms. The summed E-state index contributed by atoms with van der Waals surface area (Å²) in [6, 6.07) is 8.30. The minimum atomic E-state index is -0.103. The van der Waals surface area contributed by atoms with Crippen LogP contribution >= 0.6 is 0 Å². The van der Waals surface area contributed by atoms with Gasteiger partial charge in [0.15, 0.2) is 6.61 Å². The van der Waals surface area contributed by atoms with Crippen molar-refractivity contribution in [1.82, 2.24) is 10.2 Å². The molecular formula is C17H24N2O3. The summed E-state index contributed by atoms with van der Waals surface area (Å²) >= 11 is 0. The Morgan fingerprint density at radius 1 is 1.50 bits per heavy atom. The SMILES string of the molecule is Cc1cccc(OCC(=O)NC[C@@H]2CN3CCC[C@@H]3CO2)c1. The molecule has 2 saturated heterocycles. The molecule has 3 rings (SSSR count). The Hall–Kier alpha value is -1.59. The van der Waals surface area contributed by atoms with Crippen molar-refractivity contribution in [2.24, 2.45) is 0 Å². The fourth-order valence-corrected chi connectivity index (χ4v) is 3.14. The van der Waals surface area contributed by atoms with Gasteiger partial charge in [-0.1, -0.05) is 12.1 Å². The topological polar surface area (TPSA) is 50.8 Å². The van der Waals surface area contributed by atoms with Crippen molar-refractivity contribution in [3.8, 4) is 5.75 Å². The van der Waals surface area contributed by atoms with E-state index in [2.05, 4.69) is 10.2 Å². The Labute approximate surface area is 131 Å². The first-order valence-electron chi connectivity index (χ1n) is 8.02. The fourth-order valence-electron chi connectivity index (χ4n) is 3.14. The number of hydrogen-bond acceptors (Lipinski definition) is 4. The summed E-state index contributed by atoms with van der Waals surface area (Å²) in [5.74, 6) is 0.623. The summed E-state index contributed by atoms with van der Waals surface area (Å²) < 4.78 is 11.3. The zero-order valence-electron chi connectivity index (χ0n) is 13.1. The quantitative estimate of drug-likeness (QED) is 0.892. The third-order valence-corrected chi connectivity index (χ3v) is 4.35. The summed E-state index contributed by atoms with van der Waals surface area (Å²) in [5.41, 5.74) is 1.12. The number of benzene rings is 1. The number of hydrogen-bond donors (Lipinski definition) is 1. The first-order valence-corrected chi connectivity index (χ1v) is 8.02. The number of aryl methyl sites for hydroxylation is 1. The van der Waals surface area contributed by atoms with Gasteiger partial charge in [-0.25, -0.2) is 0 Å². The molecule has 2 heterocycles. The summed E-state index contributed by atoms with van der Waals surface area (Å²) in [7, 11) is 0. The largest absolute Gasteiger partial charge is 0.484 e. The minimum absolute atomic E-state index is 0.0442. The normalized spacial score (nSPS) is 24.8. The Morgan fingerprint density at radius 2 is 2.41 bits per heavy atom. The average Bonchev–Trinajstić information content (AvgIpc) is 2.98. The zero-order chi connectivity index (χ0) is 15.4. The highest BCUT2D eigenvalue weighted by atomic mass is 16.5. The van der Waals surface area contributed by atoms with E-state index in [1.54, 1.807) is 0 Å². The van der Waals surface area contributed by atoms with Gasteiger partial charge in [0, 0.05) is 19.1 Å². The number of nitrogens with zero attached hydrogens (tertiary/aromatic N) is 1. The summed E-state index contributed by atoms with van der Waals surface area (Å²) in [4.78, 5) is 14.3. The van der Waals surface area contributed by atoms with Gasteiger partial charge in [-0.2, -0.15) is 0 Å². The molecule has 120 valence electrons. The van der Waals surface area contributed by atoms with E-state index in [0.717, 1.165) is 31.0 Å². The maximum atomic E-state index is 11.9. The third-order valence-electron chi connectivity index (χ3n) is 4.35. The Kier molecular flexibility index (Phi) is 4.95. The molecule has 0 spiro atoms. The van der Waals surface area contributed by atoms with E-state index in [4.69, 9.17) is 9.47 Å². The molecule has 1 aromatic carbocycles. The van der Waals surface area contributed by atoms with Crippen LogP contribution in [0, 0.1) is 6.92 Å². The number of carbonyl (C=O) groups is 1. The maximum Gasteiger partial charge on any atom is 0.258 e. The van der Waals surface area contributed by atoms with E-state index in [1.807, 2.05) is 31.2 Å². The van der Waals surface area contributed by atoms with Crippen LogP contribution in [0.1, 0.15) is 18.4 Å². The van der Waals surface area contributed by atoms with Crippen molar-refractivity contribution in [1.29, 1.82) is 0 Å². The molecule has 0 unspecified atom stereocenters. The second-order valence-corrected chi connectivity index (χ2v) is 6.16. The number of fused-ring (bicyclic) bond motifs is 1. The van der Waals surface area contributed by atoms with E-state index in [-0.39, 0.29) is 18.6 Å². The maximum absolute atomic E-state index is 11.9. The van der Waals surface area contributed by atoms with Crippen LogP contribution in [0.25, 0.3) is 0 Å². The van der Waals surface area contributed by atoms with Gasteiger partial charge in [-0.3, -0.25) is 9.69 Å². The fraction of sp³-hybridized carbons (Fsp3) is 0.588. The van der Waals surface area contributed by atoms with Gasteiger partial charge >= 0.3 is 0 Å². The molecule has 2 atom stereocenters. The van der Waals surface area contributed by atoms with Gasteiger partial charge in [0.25, 0.3) is 5.91 Å². The molecule has 1 amide bonds. The molecule has 0 saturated carbocycles. The lowest BCUT2D eigenvalue weighted by Crippen LogP contribution is -2.50. The molecule has 0 radical (unpaired) electrons. The van der Waals surface area contributed by atoms with Crippen LogP contribution in [-0.2, 0) is 9.53 Å². The molecule has 0 bridgehead atoms. The number of rotatable bonds is 5. The van der Waals surface area contributed by atoms with E-state index in [0.29, 0.717) is 12.6 Å². The van der Waals surface area contributed by atoms with Crippen LogP contribution in [0.4, 0.5) is 0 Å². The average molecular weight is 304 g/mol. The molecule has 0 aromatic heterocycles. The number of carbonyl (C=O) groups excluding carboxylic acids is 1. The van der Waals surface area contributed by atoms with Crippen LogP contribution in [0.5, 0.6) is 5.75 Å². The van der Waals surface area contributed by atoms with E-state index >= 15 is 0 Å². The lowest BCUT2D eigenvalue weighted by atomic mass is 10.2. The van der Waals surface area contributed by atoms with Crippen molar-refractivity contribution < 1.29 is 14.3 Å². The van der Waals surface area contributed by atoms with E-state index in [9.17, 15) is 4.79 Å². The van der Waals surface area contributed by atoms with Gasteiger partial charge in [0.2, 0.25) is 0 Å². The monoisotopic (exact) mass is 304 g/mol. The molecular weight excluding hydrogens is 280 g/mol. The van der Waals surface area contributed by atoms with E-state index < -0.39 is 0 Å². The Balaban J connectivity index is 1.37. The third kappa shape index (κ3) is 3.99. The van der Waals surface area contributed by atoms with Crippen LogP contribution in [0.2, 0.25) is 0 Å². The molecule has 5 nitrogen and oxygen atoms in total. The molecule has 2 fully saturated rings. The molecule has 1 N–H and O–H groups in total. The molecule has 1 aromatic rings. The lowest BCUT2D eigenvalue weighted by Gasteiger charge is -2.35. The molecule has 0 aliphatic carbocycles. The first kappa shape index (κ1) is 15.3. The number of ether oxygens (including phenoxy) is 2. The standard InChI is InChI=1S/C17H24N2O3/c1-13-4-2-6-15(8-13)22-12-17(20)18-9-16-10-19-7-3-5-14(19)11-21-16/h2,4,6,8,14,16H,3,5,7,9-12H2,1H3,(H,18,20)/t14-,16-/m1/s1. The predicted octanol–water partition coefficient (Wildman–Crippen LogP) is 1.35. The van der Waals surface area contributed by atoms with Crippen molar-refractivity contribution in [2.45, 2.75) is 31.9 Å². The van der Waals surface area contributed by atoms with Gasteiger partial charge < -0.3 is 14.8 Å². The summed E-state index contributed by atoms with van der Waals surface area (Å²) in [5, 5.41) is 2.90. The highest BCUT2D eigenvalue weighted by Gasteiger charge is 2.32. The highest BCUT2D eigenvalue weighted by molar-refractivity contribution is 5.77. The number of nitrogens with one attached hydrogen (secondary N) is 1. The molecule has 2 aliphatic heterocycles. The van der Waals surface area contributed by atoms with E-state index in [1.165, 1.54) is 12.8 Å². The van der Waals surface area contributed by atoms with Crippen LogP contribution in [0.15, 0.2) is 24.3 Å². The minimum Gasteiger partial charge on any atom is -0.484 e. The molecule has 2 aliphatic rings. The van der Waals surface area contributed by atoms with Crippen molar-refractivity contribution in [3.05, 3.63) is 29.8 Å². The van der Waals surface area contributed by atoms with Gasteiger partial charge in [0.05, 0.1) is 12.7 Å². The number of morpholine rings is 1. The predicted molar refractivity (Wildman–Crippen MR) is 84.0 cm³/mol. The second-order valence-electron chi connectivity index (χ2n) is 6.16.